The van der Waals surface area contributed by atoms with E-state index >= 15 is 0 Å². The SMILES string of the molecule is COc1ncnc2c1nc(CCl)n2C(C)CCSC. The van der Waals surface area contributed by atoms with E-state index < -0.39 is 0 Å². The molecule has 0 spiro atoms. The molecule has 2 aromatic rings. The first kappa shape index (κ1) is 14.4. The Morgan fingerprint density at radius 2 is 2.26 bits per heavy atom. The zero-order valence-corrected chi connectivity index (χ0v) is 12.8. The summed E-state index contributed by atoms with van der Waals surface area (Å²) in [7, 11) is 1.58. The van der Waals surface area contributed by atoms with E-state index in [0.717, 1.165) is 23.6 Å². The van der Waals surface area contributed by atoms with E-state index in [-0.39, 0.29) is 0 Å². The maximum absolute atomic E-state index is 6.00. The van der Waals surface area contributed by atoms with Crippen LogP contribution in [0.15, 0.2) is 6.33 Å². The van der Waals surface area contributed by atoms with Gasteiger partial charge in [0, 0.05) is 6.04 Å². The predicted octanol–water partition coefficient (Wildman–Crippen LogP) is 2.89. The molecule has 0 aliphatic heterocycles. The Morgan fingerprint density at radius 1 is 1.47 bits per heavy atom. The van der Waals surface area contributed by atoms with Gasteiger partial charge in [-0.1, -0.05) is 0 Å². The van der Waals surface area contributed by atoms with Gasteiger partial charge >= 0.3 is 0 Å². The summed E-state index contributed by atoms with van der Waals surface area (Å²) in [4.78, 5) is 12.9. The summed E-state index contributed by atoms with van der Waals surface area (Å²) in [6.07, 6.45) is 4.65. The normalized spacial score (nSPS) is 12.8. The minimum Gasteiger partial charge on any atom is -0.479 e. The van der Waals surface area contributed by atoms with Crippen LogP contribution in [-0.4, -0.2) is 38.6 Å². The molecule has 0 saturated carbocycles. The van der Waals surface area contributed by atoms with Crippen molar-refractivity contribution in [3.63, 3.8) is 0 Å². The molecule has 0 radical (unpaired) electrons. The van der Waals surface area contributed by atoms with Crippen LogP contribution in [0.4, 0.5) is 0 Å². The fraction of sp³-hybridized carbons (Fsp3) is 0.583. The topological polar surface area (TPSA) is 52.8 Å². The molecule has 1 unspecified atom stereocenters. The van der Waals surface area contributed by atoms with Crippen LogP contribution in [0.2, 0.25) is 0 Å². The first-order valence-corrected chi connectivity index (χ1v) is 7.96. The summed E-state index contributed by atoms with van der Waals surface area (Å²) >= 11 is 7.83. The number of nitrogens with zero attached hydrogens (tertiary/aromatic N) is 4. The third-order valence-corrected chi connectivity index (χ3v) is 3.89. The van der Waals surface area contributed by atoms with Crippen molar-refractivity contribution >= 4 is 34.5 Å². The van der Waals surface area contributed by atoms with Crippen molar-refractivity contribution in [2.45, 2.75) is 25.3 Å². The fourth-order valence-corrected chi connectivity index (χ4v) is 2.82. The number of thioether (sulfide) groups is 1. The third kappa shape index (κ3) is 2.79. The molecule has 0 aromatic carbocycles. The molecule has 19 heavy (non-hydrogen) atoms. The van der Waals surface area contributed by atoms with E-state index in [4.69, 9.17) is 16.3 Å². The van der Waals surface area contributed by atoms with E-state index in [1.165, 1.54) is 6.33 Å². The molecule has 2 heterocycles. The summed E-state index contributed by atoms with van der Waals surface area (Å²) in [5, 5.41) is 0. The number of methoxy groups -OCH3 is 1. The molecule has 0 aliphatic carbocycles. The number of halogens is 1. The second-order valence-electron chi connectivity index (χ2n) is 4.22. The van der Waals surface area contributed by atoms with Gasteiger partial charge in [-0.05, 0) is 25.4 Å². The van der Waals surface area contributed by atoms with Crippen LogP contribution in [0.3, 0.4) is 0 Å². The number of alkyl halides is 1. The van der Waals surface area contributed by atoms with Gasteiger partial charge in [0.05, 0.1) is 13.0 Å². The molecule has 0 aliphatic rings. The molecule has 0 amide bonds. The molecule has 0 saturated heterocycles. The largest absolute Gasteiger partial charge is 0.479 e. The van der Waals surface area contributed by atoms with E-state index in [1.54, 1.807) is 7.11 Å². The predicted molar refractivity (Wildman–Crippen MR) is 79.1 cm³/mol. The first-order valence-electron chi connectivity index (χ1n) is 6.03. The Hall–Kier alpha value is -1.01. The maximum atomic E-state index is 6.00. The molecule has 104 valence electrons. The Kier molecular flexibility index (Phi) is 4.87. The molecule has 0 fully saturated rings. The number of hydrogen-bond acceptors (Lipinski definition) is 5. The number of fused-ring (bicyclic) bond motifs is 1. The van der Waals surface area contributed by atoms with Gasteiger partial charge in [0.2, 0.25) is 5.88 Å². The van der Waals surface area contributed by atoms with Crippen LogP contribution in [0.25, 0.3) is 11.2 Å². The highest BCUT2D eigenvalue weighted by Crippen LogP contribution is 2.27. The molecule has 5 nitrogen and oxygen atoms in total. The lowest BCUT2D eigenvalue weighted by Gasteiger charge is -2.15. The van der Waals surface area contributed by atoms with Crippen LogP contribution in [0.1, 0.15) is 25.2 Å². The summed E-state index contributed by atoms with van der Waals surface area (Å²) in [6.45, 7) is 2.15. The Bertz CT molecular complexity index is 560. The Labute approximate surface area is 121 Å². The average Bonchev–Trinajstić information content (AvgIpc) is 2.83. The third-order valence-electron chi connectivity index (χ3n) is 3.01. The van der Waals surface area contributed by atoms with Gasteiger partial charge in [-0.25, -0.2) is 9.97 Å². The van der Waals surface area contributed by atoms with Crippen LogP contribution in [0, 0.1) is 0 Å². The Balaban J connectivity index is 2.51. The lowest BCUT2D eigenvalue weighted by atomic mass is 10.2. The molecule has 2 aromatic heterocycles. The van der Waals surface area contributed by atoms with Crippen molar-refractivity contribution in [2.24, 2.45) is 0 Å². The molecule has 0 bridgehead atoms. The van der Waals surface area contributed by atoms with E-state index in [1.807, 2.05) is 11.8 Å². The van der Waals surface area contributed by atoms with E-state index in [9.17, 15) is 0 Å². The number of aromatic nitrogens is 4. The van der Waals surface area contributed by atoms with Gasteiger partial charge in [0.1, 0.15) is 12.2 Å². The molecular formula is C12H17ClN4OS. The van der Waals surface area contributed by atoms with Crippen molar-refractivity contribution in [3.05, 3.63) is 12.2 Å². The standard InChI is InChI=1S/C12H17ClN4OS/c1-8(4-5-19-3)17-9(6-13)16-10-11(17)14-7-15-12(10)18-2/h7-8H,4-6H2,1-3H3. The second kappa shape index (κ2) is 6.43. The number of rotatable bonds is 6. The van der Waals surface area contributed by atoms with Gasteiger partial charge in [0.25, 0.3) is 0 Å². The number of ether oxygens (including phenoxy) is 1. The fourth-order valence-electron chi connectivity index (χ4n) is 2.06. The monoisotopic (exact) mass is 300 g/mol. The second-order valence-corrected chi connectivity index (χ2v) is 5.47. The van der Waals surface area contributed by atoms with Gasteiger partial charge < -0.3 is 9.30 Å². The van der Waals surface area contributed by atoms with Crippen molar-refractivity contribution in [1.29, 1.82) is 0 Å². The summed E-state index contributed by atoms with van der Waals surface area (Å²) in [5.41, 5.74) is 1.47. The van der Waals surface area contributed by atoms with Crippen LogP contribution < -0.4 is 4.74 Å². The van der Waals surface area contributed by atoms with Crippen LogP contribution >= 0.6 is 23.4 Å². The highest BCUT2D eigenvalue weighted by molar-refractivity contribution is 7.98. The zero-order valence-electron chi connectivity index (χ0n) is 11.3. The first-order chi connectivity index (χ1) is 9.22. The van der Waals surface area contributed by atoms with E-state index in [0.29, 0.717) is 23.3 Å². The minimum absolute atomic E-state index is 0.297. The van der Waals surface area contributed by atoms with Crippen molar-refractivity contribution < 1.29 is 4.74 Å². The number of hydrogen-bond donors (Lipinski definition) is 0. The van der Waals surface area contributed by atoms with Crippen LogP contribution in [0.5, 0.6) is 5.88 Å². The van der Waals surface area contributed by atoms with E-state index in [2.05, 4.69) is 32.7 Å². The highest BCUT2D eigenvalue weighted by Gasteiger charge is 2.19. The van der Waals surface area contributed by atoms with Crippen molar-refractivity contribution in [3.8, 4) is 5.88 Å². The van der Waals surface area contributed by atoms with Gasteiger partial charge in [-0.15, -0.1) is 11.6 Å². The molecular weight excluding hydrogens is 284 g/mol. The maximum Gasteiger partial charge on any atom is 0.245 e. The van der Waals surface area contributed by atoms with Gasteiger partial charge in [-0.3, -0.25) is 0 Å². The number of imidazole rings is 1. The summed E-state index contributed by atoms with van der Waals surface area (Å²) in [5.74, 6) is 2.74. The van der Waals surface area contributed by atoms with Gasteiger partial charge in [-0.2, -0.15) is 16.7 Å². The lowest BCUT2D eigenvalue weighted by molar-refractivity contribution is 0.401. The average molecular weight is 301 g/mol. The summed E-state index contributed by atoms with van der Waals surface area (Å²) < 4.78 is 7.31. The van der Waals surface area contributed by atoms with Gasteiger partial charge in [0.15, 0.2) is 11.2 Å². The van der Waals surface area contributed by atoms with Crippen LogP contribution in [-0.2, 0) is 5.88 Å². The summed E-state index contributed by atoms with van der Waals surface area (Å²) in [6, 6.07) is 0.297. The molecule has 7 heteroatoms. The lowest BCUT2D eigenvalue weighted by Crippen LogP contribution is -2.10. The molecule has 1 atom stereocenters. The zero-order chi connectivity index (χ0) is 13.8. The minimum atomic E-state index is 0.297. The van der Waals surface area contributed by atoms with Crippen molar-refractivity contribution in [2.75, 3.05) is 19.1 Å². The Morgan fingerprint density at radius 3 is 2.89 bits per heavy atom. The molecule has 2 rings (SSSR count). The smallest absolute Gasteiger partial charge is 0.245 e. The quantitative estimate of drug-likeness (QED) is 0.768. The highest BCUT2D eigenvalue weighted by atomic mass is 35.5. The van der Waals surface area contributed by atoms with Crippen molar-refractivity contribution in [1.82, 2.24) is 19.5 Å². The molecule has 0 N–H and O–H groups in total.